The molecule has 0 saturated heterocycles. The van der Waals surface area contributed by atoms with Crippen LogP contribution in [0.4, 0.5) is 5.95 Å². The Labute approximate surface area is 79.2 Å². The number of aryl methyl sites for hydroxylation is 1. The van der Waals surface area contributed by atoms with Gasteiger partial charge in [-0.05, 0) is 6.92 Å². The van der Waals surface area contributed by atoms with Gasteiger partial charge in [0.1, 0.15) is 6.33 Å². The molecule has 0 radical (unpaired) electrons. The quantitative estimate of drug-likeness (QED) is 0.764. The fourth-order valence-corrected chi connectivity index (χ4v) is 1.78. The van der Waals surface area contributed by atoms with Gasteiger partial charge in [0.15, 0.2) is 0 Å². The minimum atomic E-state index is 0.308. The second-order valence-electron chi connectivity index (χ2n) is 2.66. The first kappa shape index (κ1) is 8.18. The normalized spacial score (nSPS) is 10.5. The van der Waals surface area contributed by atoms with Crippen LogP contribution in [0.2, 0.25) is 0 Å². The van der Waals surface area contributed by atoms with E-state index in [9.17, 15) is 0 Å². The molecule has 0 amide bonds. The molecule has 2 N–H and O–H groups in total. The number of anilines is 1. The lowest BCUT2D eigenvalue weighted by molar-refractivity contribution is 0.691. The van der Waals surface area contributed by atoms with Crippen molar-refractivity contribution in [1.82, 2.24) is 19.7 Å². The lowest BCUT2D eigenvalue weighted by Gasteiger charge is -1.96. The van der Waals surface area contributed by atoms with Gasteiger partial charge >= 0.3 is 0 Å². The number of nitrogens with zero attached hydrogens (tertiary/aromatic N) is 4. The van der Waals surface area contributed by atoms with Gasteiger partial charge in [0, 0.05) is 4.88 Å². The lowest BCUT2D eigenvalue weighted by Crippen LogP contribution is -2.00. The van der Waals surface area contributed by atoms with Gasteiger partial charge in [-0.3, -0.25) is 0 Å². The zero-order valence-electron chi connectivity index (χ0n) is 7.14. The third-order valence-electron chi connectivity index (χ3n) is 1.70. The maximum Gasteiger partial charge on any atom is 0.239 e. The van der Waals surface area contributed by atoms with E-state index < -0.39 is 0 Å². The fraction of sp³-hybridized carbons (Fsp3) is 0.286. The molecule has 2 heterocycles. The summed E-state index contributed by atoms with van der Waals surface area (Å²) in [5.41, 5.74) is 8.26. The van der Waals surface area contributed by atoms with Gasteiger partial charge in [-0.1, -0.05) is 0 Å². The predicted octanol–water partition coefficient (Wildman–Crippen LogP) is 0.674. The van der Waals surface area contributed by atoms with Crippen molar-refractivity contribution in [1.29, 1.82) is 0 Å². The van der Waals surface area contributed by atoms with E-state index in [1.807, 2.05) is 12.4 Å². The van der Waals surface area contributed by atoms with Crippen LogP contribution in [-0.2, 0) is 6.54 Å². The molecule has 0 bridgehead atoms. The minimum absolute atomic E-state index is 0.308. The highest BCUT2D eigenvalue weighted by molar-refractivity contribution is 7.09. The molecular weight excluding hydrogens is 186 g/mol. The summed E-state index contributed by atoms with van der Waals surface area (Å²) in [5, 5.41) is 3.99. The minimum Gasteiger partial charge on any atom is -0.367 e. The maximum absolute atomic E-state index is 5.39. The molecule has 0 unspecified atom stereocenters. The molecule has 68 valence electrons. The molecule has 0 aromatic carbocycles. The molecule has 6 heteroatoms. The SMILES string of the molecule is Cc1ncsc1Cn1cnc(N)n1. The zero-order chi connectivity index (χ0) is 9.26. The summed E-state index contributed by atoms with van der Waals surface area (Å²) < 4.78 is 1.70. The van der Waals surface area contributed by atoms with Crippen molar-refractivity contribution in [3.8, 4) is 0 Å². The van der Waals surface area contributed by atoms with Crippen LogP contribution in [0.15, 0.2) is 11.8 Å². The van der Waals surface area contributed by atoms with Crippen LogP contribution in [-0.4, -0.2) is 19.7 Å². The monoisotopic (exact) mass is 195 g/mol. The van der Waals surface area contributed by atoms with Crippen LogP contribution in [0.1, 0.15) is 10.6 Å². The molecular formula is C7H9N5S. The number of aromatic nitrogens is 4. The second kappa shape index (κ2) is 3.14. The van der Waals surface area contributed by atoms with Crippen molar-refractivity contribution in [2.75, 3.05) is 5.73 Å². The van der Waals surface area contributed by atoms with Gasteiger partial charge in [-0.25, -0.2) is 14.6 Å². The predicted molar refractivity (Wildman–Crippen MR) is 50.4 cm³/mol. The van der Waals surface area contributed by atoms with E-state index in [1.54, 1.807) is 22.3 Å². The smallest absolute Gasteiger partial charge is 0.239 e. The van der Waals surface area contributed by atoms with E-state index in [0.717, 1.165) is 5.69 Å². The van der Waals surface area contributed by atoms with Crippen LogP contribution in [0, 0.1) is 6.92 Å². The van der Waals surface area contributed by atoms with Gasteiger partial charge < -0.3 is 5.73 Å². The third-order valence-corrected chi connectivity index (χ3v) is 2.62. The summed E-state index contributed by atoms with van der Waals surface area (Å²) >= 11 is 1.61. The number of rotatable bonds is 2. The molecule has 0 atom stereocenters. The number of nitrogen functional groups attached to an aromatic ring is 1. The van der Waals surface area contributed by atoms with Gasteiger partial charge in [0.05, 0.1) is 17.7 Å². The van der Waals surface area contributed by atoms with E-state index in [1.165, 1.54) is 4.88 Å². The molecule has 0 spiro atoms. The zero-order valence-corrected chi connectivity index (χ0v) is 7.95. The summed E-state index contributed by atoms with van der Waals surface area (Å²) in [7, 11) is 0. The number of thiazole rings is 1. The van der Waals surface area contributed by atoms with Crippen LogP contribution >= 0.6 is 11.3 Å². The van der Waals surface area contributed by atoms with E-state index in [2.05, 4.69) is 15.1 Å². The van der Waals surface area contributed by atoms with Gasteiger partial charge in [-0.15, -0.1) is 16.4 Å². The summed E-state index contributed by atoms with van der Waals surface area (Å²) in [4.78, 5) is 9.17. The number of hydrogen-bond acceptors (Lipinski definition) is 5. The van der Waals surface area contributed by atoms with E-state index >= 15 is 0 Å². The first-order valence-electron chi connectivity index (χ1n) is 3.79. The largest absolute Gasteiger partial charge is 0.367 e. The van der Waals surface area contributed by atoms with E-state index in [0.29, 0.717) is 12.5 Å². The van der Waals surface area contributed by atoms with E-state index in [-0.39, 0.29) is 0 Å². The summed E-state index contributed by atoms with van der Waals surface area (Å²) in [5.74, 6) is 0.308. The third kappa shape index (κ3) is 1.67. The summed E-state index contributed by atoms with van der Waals surface area (Å²) in [6.45, 7) is 2.67. The lowest BCUT2D eigenvalue weighted by atomic mass is 10.4. The van der Waals surface area contributed by atoms with Crippen LogP contribution < -0.4 is 5.73 Å². The standard InChI is InChI=1S/C7H9N5S/c1-5-6(13-4-10-5)2-12-3-9-7(8)11-12/h3-4H,2H2,1H3,(H2,8,11). The van der Waals surface area contributed by atoms with Crippen LogP contribution in [0.25, 0.3) is 0 Å². The summed E-state index contributed by atoms with van der Waals surface area (Å²) in [6.07, 6.45) is 1.62. The Hall–Kier alpha value is -1.43. The second-order valence-corrected chi connectivity index (χ2v) is 3.60. The molecule has 0 aliphatic heterocycles. The number of nitrogens with two attached hydrogens (primary N) is 1. The van der Waals surface area contributed by atoms with Gasteiger partial charge in [0.2, 0.25) is 5.95 Å². The Bertz CT molecular complexity index is 404. The van der Waals surface area contributed by atoms with Crippen molar-refractivity contribution in [3.63, 3.8) is 0 Å². The molecule has 0 fully saturated rings. The average Bonchev–Trinajstić information content (AvgIpc) is 2.64. The average molecular weight is 195 g/mol. The molecule has 0 aliphatic rings. The molecule has 0 aliphatic carbocycles. The van der Waals surface area contributed by atoms with Gasteiger partial charge in [-0.2, -0.15) is 0 Å². The Kier molecular flexibility index (Phi) is 1.97. The van der Waals surface area contributed by atoms with E-state index in [4.69, 9.17) is 5.73 Å². The molecule has 2 aromatic rings. The Morgan fingerprint density at radius 2 is 2.38 bits per heavy atom. The molecule has 5 nitrogen and oxygen atoms in total. The Morgan fingerprint density at radius 3 is 2.92 bits per heavy atom. The first-order valence-corrected chi connectivity index (χ1v) is 4.67. The van der Waals surface area contributed by atoms with Crippen molar-refractivity contribution in [2.24, 2.45) is 0 Å². The highest BCUT2D eigenvalue weighted by Crippen LogP contribution is 2.13. The highest BCUT2D eigenvalue weighted by atomic mass is 32.1. The van der Waals surface area contributed by atoms with Gasteiger partial charge in [0.25, 0.3) is 0 Å². The van der Waals surface area contributed by atoms with Crippen molar-refractivity contribution in [2.45, 2.75) is 13.5 Å². The molecule has 2 aromatic heterocycles. The summed E-state index contributed by atoms with van der Waals surface area (Å²) in [6, 6.07) is 0. The van der Waals surface area contributed by atoms with Crippen molar-refractivity contribution >= 4 is 17.3 Å². The molecule has 0 saturated carbocycles. The first-order chi connectivity index (χ1) is 6.25. The van der Waals surface area contributed by atoms with Crippen LogP contribution in [0.3, 0.4) is 0 Å². The highest BCUT2D eigenvalue weighted by Gasteiger charge is 2.03. The molecule has 13 heavy (non-hydrogen) atoms. The number of hydrogen-bond donors (Lipinski definition) is 1. The Balaban J connectivity index is 2.19. The topological polar surface area (TPSA) is 69.6 Å². The van der Waals surface area contributed by atoms with Crippen molar-refractivity contribution in [3.05, 3.63) is 22.4 Å². The van der Waals surface area contributed by atoms with Crippen LogP contribution in [0.5, 0.6) is 0 Å². The maximum atomic E-state index is 5.39. The van der Waals surface area contributed by atoms with Crippen molar-refractivity contribution < 1.29 is 0 Å². The fourth-order valence-electron chi connectivity index (χ4n) is 1.01. The Morgan fingerprint density at radius 1 is 1.54 bits per heavy atom. The molecule has 2 rings (SSSR count).